The van der Waals surface area contributed by atoms with E-state index in [2.05, 4.69) is 32.6 Å². The van der Waals surface area contributed by atoms with Gasteiger partial charge in [0.1, 0.15) is 5.69 Å². The highest BCUT2D eigenvalue weighted by Crippen LogP contribution is 2.11. The van der Waals surface area contributed by atoms with E-state index in [4.69, 9.17) is 0 Å². The highest BCUT2D eigenvalue weighted by molar-refractivity contribution is 7.98. The smallest absolute Gasteiger partial charge is 0.209 e. The number of nitrogens with zero attached hydrogens (tertiary/aromatic N) is 4. The second-order valence-corrected chi connectivity index (χ2v) is 4.89. The Balaban J connectivity index is 2.21. The van der Waals surface area contributed by atoms with Gasteiger partial charge in [0.2, 0.25) is 5.16 Å². The Hall–Kier alpha value is -1.95. The van der Waals surface area contributed by atoms with Crippen LogP contribution in [0.2, 0.25) is 0 Å². The van der Waals surface area contributed by atoms with E-state index in [0.717, 1.165) is 29.9 Å². The molecule has 0 aliphatic rings. The predicted octanol–water partition coefficient (Wildman–Crippen LogP) is 3.21. The summed E-state index contributed by atoms with van der Waals surface area (Å²) in [6.07, 6.45) is 5.42. The third-order valence-corrected chi connectivity index (χ3v) is 3.14. The number of rotatable bonds is 6. The Morgan fingerprint density at radius 1 is 1.30 bits per heavy atom. The van der Waals surface area contributed by atoms with Crippen LogP contribution >= 0.6 is 11.8 Å². The second-order valence-electron chi connectivity index (χ2n) is 4.11. The van der Waals surface area contributed by atoms with E-state index in [1.165, 1.54) is 11.8 Å². The molecule has 0 radical (unpaired) electrons. The van der Waals surface area contributed by atoms with Crippen LogP contribution in [0.1, 0.15) is 25.5 Å². The van der Waals surface area contributed by atoms with E-state index in [-0.39, 0.29) is 0 Å². The van der Waals surface area contributed by atoms with Crippen molar-refractivity contribution in [3.05, 3.63) is 42.2 Å². The van der Waals surface area contributed by atoms with Crippen LogP contribution in [0.25, 0.3) is 0 Å². The standard InChI is InChI=1S/C14H17N5S/c1-3-7-12(13-10-15-19-14(16-13)20-2)18-17-11-8-5-4-6-9-11/h4-6,8-10,17H,3,7H2,1-2H3/b18-12+. The van der Waals surface area contributed by atoms with Crippen LogP contribution in [0.5, 0.6) is 0 Å². The summed E-state index contributed by atoms with van der Waals surface area (Å²) in [5, 5.41) is 13.0. The SMILES string of the molecule is CCC/C(=N\Nc1ccccc1)c1cnnc(SC)n1. The van der Waals surface area contributed by atoms with Gasteiger partial charge in [0, 0.05) is 0 Å². The van der Waals surface area contributed by atoms with Gasteiger partial charge in [0.05, 0.1) is 17.6 Å². The minimum atomic E-state index is 0.658. The Morgan fingerprint density at radius 2 is 2.10 bits per heavy atom. The summed E-state index contributed by atoms with van der Waals surface area (Å²) < 4.78 is 0. The summed E-state index contributed by atoms with van der Waals surface area (Å²) in [6, 6.07) is 9.85. The zero-order valence-electron chi connectivity index (χ0n) is 11.6. The molecule has 0 amide bonds. The minimum Gasteiger partial charge on any atom is -0.278 e. The summed E-state index contributed by atoms with van der Waals surface area (Å²) in [7, 11) is 0. The van der Waals surface area contributed by atoms with Crippen LogP contribution in [0.3, 0.4) is 0 Å². The van der Waals surface area contributed by atoms with Gasteiger partial charge in [0.15, 0.2) is 0 Å². The van der Waals surface area contributed by atoms with Crippen LogP contribution in [0.4, 0.5) is 5.69 Å². The van der Waals surface area contributed by atoms with Gasteiger partial charge in [-0.3, -0.25) is 5.43 Å². The molecule has 1 heterocycles. The molecule has 2 aromatic rings. The van der Waals surface area contributed by atoms with Crippen molar-refractivity contribution < 1.29 is 0 Å². The average Bonchev–Trinajstić information content (AvgIpc) is 2.52. The molecule has 0 bridgehead atoms. The van der Waals surface area contributed by atoms with Gasteiger partial charge in [-0.15, -0.1) is 5.10 Å². The van der Waals surface area contributed by atoms with E-state index >= 15 is 0 Å². The highest BCUT2D eigenvalue weighted by atomic mass is 32.2. The molecule has 0 atom stereocenters. The number of benzene rings is 1. The molecule has 104 valence electrons. The van der Waals surface area contributed by atoms with Gasteiger partial charge in [0.25, 0.3) is 0 Å². The van der Waals surface area contributed by atoms with Gasteiger partial charge in [-0.05, 0) is 24.8 Å². The quantitative estimate of drug-likeness (QED) is 0.502. The summed E-state index contributed by atoms with van der Waals surface area (Å²) in [4.78, 5) is 4.44. The molecule has 0 fully saturated rings. The van der Waals surface area contributed by atoms with Crippen molar-refractivity contribution in [3.63, 3.8) is 0 Å². The summed E-state index contributed by atoms with van der Waals surface area (Å²) >= 11 is 1.47. The molecule has 1 N–H and O–H groups in total. The fourth-order valence-corrected chi connectivity index (χ4v) is 1.95. The zero-order valence-corrected chi connectivity index (χ0v) is 12.4. The first-order valence-corrected chi connectivity index (χ1v) is 7.67. The highest BCUT2D eigenvalue weighted by Gasteiger charge is 2.07. The van der Waals surface area contributed by atoms with Gasteiger partial charge < -0.3 is 0 Å². The van der Waals surface area contributed by atoms with Crippen molar-refractivity contribution in [2.24, 2.45) is 5.10 Å². The molecule has 6 heteroatoms. The monoisotopic (exact) mass is 287 g/mol. The van der Waals surface area contributed by atoms with Gasteiger partial charge in [-0.25, -0.2) is 4.98 Å². The van der Waals surface area contributed by atoms with Crippen LogP contribution in [-0.4, -0.2) is 27.1 Å². The molecule has 0 saturated heterocycles. The maximum Gasteiger partial charge on any atom is 0.209 e. The van der Waals surface area contributed by atoms with E-state index in [1.807, 2.05) is 36.6 Å². The van der Waals surface area contributed by atoms with E-state index < -0.39 is 0 Å². The molecular weight excluding hydrogens is 270 g/mol. The number of aromatic nitrogens is 3. The molecule has 1 aromatic heterocycles. The number of hydrogen-bond acceptors (Lipinski definition) is 6. The lowest BCUT2D eigenvalue weighted by Crippen LogP contribution is -2.09. The van der Waals surface area contributed by atoms with Crippen molar-refractivity contribution >= 4 is 23.2 Å². The molecule has 5 nitrogen and oxygen atoms in total. The first kappa shape index (κ1) is 14.5. The van der Waals surface area contributed by atoms with Gasteiger partial charge in [-0.1, -0.05) is 43.3 Å². The summed E-state index contributed by atoms with van der Waals surface area (Å²) in [5.74, 6) is 0. The Bertz CT molecular complexity index is 571. The molecule has 0 saturated carbocycles. The topological polar surface area (TPSA) is 63.1 Å². The van der Waals surface area contributed by atoms with Crippen molar-refractivity contribution in [2.45, 2.75) is 24.9 Å². The molecular formula is C14H17N5S. The van der Waals surface area contributed by atoms with E-state index in [9.17, 15) is 0 Å². The van der Waals surface area contributed by atoms with Crippen LogP contribution < -0.4 is 5.43 Å². The van der Waals surface area contributed by atoms with Gasteiger partial charge >= 0.3 is 0 Å². The lowest BCUT2D eigenvalue weighted by Gasteiger charge is -2.06. The maximum absolute atomic E-state index is 4.46. The number of nitrogens with one attached hydrogen (secondary N) is 1. The lowest BCUT2D eigenvalue weighted by molar-refractivity contribution is 0.828. The number of thioether (sulfide) groups is 1. The summed E-state index contributed by atoms with van der Waals surface area (Å²) in [5.41, 5.74) is 5.67. The number of hydrazone groups is 1. The summed E-state index contributed by atoms with van der Waals surface area (Å²) in [6.45, 7) is 2.11. The third kappa shape index (κ3) is 4.03. The number of hydrogen-bond donors (Lipinski definition) is 1. The first-order valence-electron chi connectivity index (χ1n) is 6.45. The molecule has 1 aromatic carbocycles. The van der Waals surface area contributed by atoms with Crippen molar-refractivity contribution in [3.8, 4) is 0 Å². The fourth-order valence-electron chi connectivity index (χ4n) is 1.64. The largest absolute Gasteiger partial charge is 0.278 e. The number of anilines is 1. The minimum absolute atomic E-state index is 0.658. The van der Waals surface area contributed by atoms with Gasteiger partial charge in [-0.2, -0.15) is 10.2 Å². The van der Waals surface area contributed by atoms with E-state index in [0.29, 0.717) is 5.16 Å². The fraction of sp³-hybridized carbons (Fsp3) is 0.286. The van der Waals surface area contributed by atoms with Crippen molar-refractivity contribution in [1.29, 1.82) is 0 Å². The maximum atomic E-state index is 4.46. The molecule has 0 spiro atoms. The number of para-hydroxylation sites is 1. The van der Waals surface area contributed by atoms with Crippen LogP contribution in [0, 0.1) is 0 Å². The normalized spacial score (nSPS) is 11.4. The predicted molar refractivity (Wildman–Crippen MR) is 83.1 cm³/mol. The second kappa shape index (κ2) is 7.59. The third-order valence-electron chi connectivity index (χ3n) is 2.60. The molecule has 20 heavy (non-hydrogen) atoms. The lowest BCUT2D eigenvalue weighted by atomic mass is 10.2. The molecule has 2 rings (SSSR count). The van der Waals surface area contributed by atoms with Crippen molar-refractivity contribution in [2.75, 3.05) is 11.7 Å². The first-order chi connectivity index (χ1) is 9.83. The Morgan fingerprint density at radius 3 is 2.80 bits per heavy atom. The zero-order chi connectivity index (χ0) is 14.2. The van der Waals surface area contributed by atoms with E-state index in [1.54, 1.807) is 6.20 Å². The van der Waals surface area contributed by atoms with Crippen molar-refractivity contribution in [1.82, 2.24) is 15.2 Å². The molecule has 0 aliphatic carbocycles. The molecule has 0 unspecified atom stereocenters. The average molecular weight is 287 g/mol. The Kier molecular flexibility index (Phi) is 5.49. The Labute approximate surface area is 122 Å². The molecule has 0 aliphatic heterocycles. The van der Waals surface area contributed by atoms with Crippen LogP contribution in [-0.2, 0) is 0 Å². The van der Waals surface area contributed by atoms with Crippen LogP contribution in [0.15, 0.2) is 46.8 Å².